The molecule has 0 aromatic heterocycles. The van der Waals surface area contributed by atoms with Crippen LogP contribution in [0.1, 0.15) is 22.0 Å². The maximum absolute atomic E-state index is 12.1. The zero-order valence-corrected chi connectivity index (χ0v) is 11.1. The van der Waals surface area contributed by atoms with E-state index in [9.17, 15) is 9.59 Å². The maximum atomic E-state index is 12.1. The van der Waals surface area contributed by atoms with Crippen LogP contribution in [-0.2, 0) is 4.79 Å². The molecule has 0 saturated carbocycles. The number of hydrogen-bond acceptors (Lipinski definition) is 3. The molecule has 20 heavy (non-hydrogen) atoms. The summed E-state index contributed by atoms with van der Waals surface area (Å²) < 4.78 is 5.70. The molecular weight excluding hydrogens is 278 g/mol. The molecule has 3 rings (SSSR count). The highest BCUT2D eigenvalue weighted by molar-refractivity contribution is 6.67. The van der Waals surface area contributed by atoms with Crippen molar-refractivity contribution in [2.24, 2.45) is 0 Å². The molecule has 0 saturated heterocycles. The fraction of sp³-hybridized carbons (Fsp3) is 0.0667. The average Bonchev–Trinajstić information content (AvgIpc) is 2.46. The van der Waals surface area contributed by atoms with Crippen LogP contribution in [0.3, 0.4) is 0 Å². The summed E-state index contributed by atoms with van der Waals surface area (Å²) in [5, 5.41) is 2.15. The van der Waals surface area contributed by atoms with Crippen LogP contribution in [0.15, 0.2) is 48.5 Å². The minimum Gasteiger partial charge on any atom is -0.474 e. The molecule has 2 aromatic rings. The predicted octanol–water partition coefficient (Wildman–Crippen LogP) is 3.14. The number of hydrogen-bond donors (Lipinski definition) is 1. The number of rotatable bonds is 2. The summed E-state index contributed by atoms with van der Waals surface area (Å²) in [4.78, 5) is 23.2. The first-order chi connectivity index (χ1) is 9.65. The number of anilines is 1. The number of nitrogens with one attached hydrogen (secondary N) is 1. The fourth-order valence-corrected chi connectivity index (χ4v) is 2.20. The highest BCUT2D eigenvalue weighted by Gasteiger charge is 2.29. The number of ether oxygens (including phenoxy) is 1. The first kappa shape index (κ1) is 12.7. The number of amides is 1. The van der Waals surface area contributed by atoms with Gasteiger partial charge in [0.1, 0.15) is 5.75 Å². The van der Waals surface area contributed by atoms with Crippen molar-refractivity contribution in [3.8, 4) is 5.75 Å². The normalized spacial score (nSPS) is 16.9. The van der Waals surface area contributed by atoms with Crippen LogP contribution < -0.4 is 10.1 Å². The van der Waals surface area contributed by atoms with Gasteiger partial charge in [-0.15, -0.1) is 0 Å². The van der Waals surface area contributed by atoms with Crippen molar-refractivity contribution < 1.29 is 14.3 Å². The smallest absolute Gasteiger partial charge is 0.270 e. The molecule has 0 aliphatic carbocycles. The van der Waals surface area contributed by atoms with E-state index >= 15 is 0 Å². The fourth-order valence-electron chi connectivity index (χ4n) is 2.08. The predicted molar refractivity (Wildman–Crippen MR) is 75.1 cm³/mol. The Labute approximate surface area is 120 Å². The Hall–Kier alpha value is -2.33. The molecule has 1 heterocycles. The van der Waals surface area contributed by atoms with Crippen LogP contribution in [0.5, 0.6) is 5.75 Å². The molecule has 1 unspecified atom stereocenters. The number of benzene rings is 2. The minimum absolute atomic E-state index is 0.275. The largest absolute Gasteiger partial charge is 0.474 e. The van der Waals surface area contributed by atoms with Gasteiger partial charge < -0.3 is 10.1 Å². The van der Waals surface area contributed by atoms with Gasteiger partial charge in [-0.2, -0.15) is 0 Å². The zero-order valence-electron chi connectivity index (χ0n) is 10.3. The summed E-state index contributed by atoms with van der Waals surface area (Å²) in [7, 11) is 0. The van der Waals surface area contributed by atoms with Gasteiger partial charge in [-0.05, 0) is 29.8 Å². The van der Waals surface area contributed by atoms with Crippen molar-refractivity contribution >= 4 is 28.4 Å². The molecule has 4 nitrogen and oxygen atoms in total. The lowest BCUT2D eigenvalue weighted by Crippen LogP contribution is -2.30. The topological polar surface area (TPSA) is 55.4 Å². The van der Waals surface area contributed by atoms with Crippen molar-refractivity contribution in [3.63, 3.8) is 0 Å². The van der Waals surface area contributed by atoms with Crippen molar-refractivity contribution in [1.29, 1.82) is 0 Å². The van der Waals surface area contributed by atoms with Gasteiger partial charge in [-0.1, -0.05) is 30.3 Å². The Morgan fingerprint density at radius 3 is 2.60 bits per heavy atom. The molecule has 1 amide bonds. The van der Waals surface area contributed by atoms with E-state index in [1.54, 1.807) is 12.1 Å². The van der Waals surface area contributed by atoms with Crippen LogP contribution in [0.25, 0.3) is 0 Å². The number of fused-ring (bicyclic) bond motifs is 1. The van der Waals surface area contributed by atoms with Crippen molar-refractivity contribution in [3.05, 3.63) is 59.7 Å². The molecule has 5 heteroatoms. The van der Waals surface area contributed by atoms with Gasteiger partial charge in [0.2, 0.25) is 6.10 Å². The van der Waals surface area contributed by atoms with E-state index < -0.39 is 11.3 Å². The van der Waals surface area contributed by atoms with E-state index in [2.05, 4.69) is 5.32 Å². The van der Waals surface area contributed by atoms with Gasteiger partial charge in [-0.3, -0.25) is 9.59 Å². The van der Waals surface area contributed by atoms with Crippen LogP contribution in [-0.4, -0.2) is 11.1 Å². The second-order valence-electron chi connectivity index (χ2n) is 4.38. The van der Waals surface area contributed by atoms with Gasteiger partial charge in [0.25, 0.3) is 11.1 Å². The molecule has 1 atom stereocenters. The summed E-state index contributed by atoms with van der Waals surface area (Å²) in [5.41, 5.74) is 1.54. The molecule has 0 spiro atoms. The number of carbonyl (C=O) groups excluding carboxylic acids is 2. The maximum Gasteiger partial charge on any atom is 0.270 e. The van der Waals surface area contributed by atoms with Gasteiger partial charge in [0.15, 0.2) is 0 Å². The van der Waals surface area contributed by atoms with Gasteiger partial charge in [-0.25, -0.2) is 0 Å². The molecule has 0 fully saturated rings. The number of carbonyl (C=O) groups is 2. The van der Waals surface area contributed by atoms with Gasteiger partial charge in [0, 0.05) is 11.1 Å². The molecular formula is C15H10ClNO3. The van der Waals surface area contributed by atoms with Crippen LogP contribution in [0.2, 0.25) is 0 Å². The van der Waals surface area contributed by atoms with Crippen molar-refractivity contribution in [1.82, 2.24) is 0 Å². The summed E-state index contributed by atoms with van der Waals surface area (Å²) in [5.74, 6) is 0.239. The number of halogens is 1. The minimum atomic E-state index is -0.693. The standard InChI is InChI=1S/C15H10ClNO3/c16-14(18)10-6-7-12-11(8-10)17-15(19)13(20-12)9-4-2-1-3-5-9/h1-8,13H,(H,17,19). The van der Waals surface area contributed by atoms with E-state index in [4.69, 9.17) is 16.3 Å². The van der Waals surface area contributed by atoms with Gasteiger partial charge in [0.05, 0.1) is 5.69 Å². The van der Waals surface area contributed by atoms with E-state index in [1.165, 1.54) is 6.07 Å². The van der Waals surface area contributed by atoms with Crippen LogP contribution in [0.4, 0.5) is 5.69 Å². The summed E-state index contributed by atoms with van der Waals surface area (Å²) >= 11 is 5.41. The third-order valence-corrected chi connectivity index (χ3v) is 3.27. The van der Waals surface area contributed by atoms with Crippen LogP contribution in [0, 0.1) is 0 Å². The van der Waals surface area contributed by atoms with Crippen molar-refractivity contribution in [2.75, 3.05) is 5.32 Å². The van der Waals surface area contributed by atoms with Gasteiger partial charge >= 0.3 is 0 Å². The van der Waals surface area contributed by atoms with E-state index in [0.29, 0.717) is 17.0 Å². The molecule has 1 N–H and O–H groups in total. The third kappa shape index (κ3) is 2.26. The first-order valence-corrected chi connectivity index (χ1v) is 6.39. The summed E-state index contributed by atoms with van der Waals surface area (Å²) in [6.07, 6.45) is -0.693. The second-order valence-corrected chi connectivity index (χ2v) is 4.73. The monoisotopic (exact) mass is 287 g/mol. The Balaban J connectivity index is 1.95. The molecule has 1 aliphatic heterocycles. The molecule has 2 aromatic carbocycles. The average molecular weight is 288 g/mol. The highest BCUT2D eigenvalue weighted by atomic mass is 35.5. The second kappa shape index (κ2) is 4.98. The lowest BCUT2D eigenvalue weighted by atomic mass is 10.1. The quantitative estimate of drug-likeness (QED) is 0.863. The Morgan fingerprint density at radius 1 is 1.15 bits per heavy atom. The van der Waals surface area contributed by atoms with Crippen LogP contribution >= 0.6 is 11.6 Å². The van der Waals surface area contributed by atoms with Crippen molar-refractivity contribution in [2.45, 2.75) is 6.10 Å². The molecule has 0 bridgehead atoms. The zero-order chi connectivity index (χ0) is 14.1. The Kier molecular flexibility index (Phi) is 3.16. The lowest BCUT2D eigenvalue weighted by Gasteiger charge is -2.26. The molecule has 100 valence electrons. The van der Waals surface area contributed by atoms with E-state index in [0.717, 1.165) is 5.56 Å². The van der Waals surface area contributed by atoms with E-state index in [-0.39, 0.29) is 5.91 Å². The molecule has 1 aliphatic rings. The summed E-state index contributed by atoms with van der Waals surface area (Å²) in [6.45, 7) is 0. The van der Waals surface area contributed by atoms with E-state index in [1.807, 2.05) is 30.3 Å². The lowest BCUT2D eigenvalue weighted by molar-refractivity contribution is -0.123. The highest BCUT2D eigenvalue weighted by Crippen LogP contribution is 2.35. The first-order valence-electron chi connectivity index (χ1n) is 6.01. The Bertz CT molecular complexity index is 685. The SMILES string of the molecule is O=C(Cl)c1ccc2c(c1)NC(=O)C(c1ccccc1)O2. The molecule has 0 radical (unpaired) electrons. The third-order valence-electron chi connectivity index (χ3n) is 3.05. The Morgan fingerprint density at radius 2 is 1.90 bits per heavy atom. The summed E-state index contributed by atoms with van der Waals surface area (Å²) in [6, 6.07) is 13.9.